The molecule has 3 aromatic rings. The molecule has 0 bridgehead atoms. The number of fused-ring (bicyclic) bond motifs is 1. The van der Waals surface area contributed by atoms with E-state index in [2.05, 4.69) is 29.5 Å². The average Bonchev–Trinajstić information content (AvgIpc) is 2.81. The van der Waals surface area contributed by atoms with Crippen LogP contribution in [-0.2, 0) is 13.0 Å². The molecule has 0 aliphatic heterocycles. The first kappa shape index (κ1) is 14.4. The van der Waals surface area contributed by atoms with Crippen molar-refractivity contribution in [3.05, 3.63) is 46.9 Å². The van der Waals surface area contributed by atoms with Crippen molar-refractivity contribution in [1.29, 1.82) is 0 Å². The van der Waals surface area contributed by atoms with Crippen LogP contribution in [0.2, 0.25) is 0 Å². The van der Waals surface area contributed by atoms with Crippen molar-refractivity contribution in [2.75, 3.05) is 11.5 Å². The molecule has 0 unspecified atom stereocenters. The molecule has 114 valence electrons. The Morgan fingerprint density at radius 2 is 1.82 bits per heavy atom. The highest BCUT2D eigenvalue weighted by molar-refractivity contribution is 5.76. The van der Waals surface area contributed by atoms with Gasteiger partial charge >= 0.3 is 0 Å². The smallest absolute Gasteiger partial charge is 0.160 e. The lowest BCUT2D eigenvalue weighted by molar-refractivity contribution is 0.745. The first-order valence-corrected chi connectivity index (χ1v) is 7.46. The van der Waals surface area contributed by atoms with E-state index in [0.717, 1.165) is 40.2 Å². The highest BCUT2D eigenvalue weighted by Gasteiger charge is 2.13. The van der Waals surface area contributed by atoms with E-state index < -0.39 is 0 Å². The number of hydrogen-bond donors (Lipinski definition) is 2. The van der Waals surface area contributed by atoms with Crippen LogP contribution in [0.25, 0.3) is 11.2 Å². The topological polar surface area (TPSA) is 82.8 Å². The molecule has 0 saturated carbocycles. The van der Waals surface area contributed by atoms with Crippen LogP contribution >= 0.6 is 0 Å². The molecule has 0 radical (unpaired) electrons. The van der Waals surface area contributed by atoms with Crippen LogP contribution in [0, 0.1) is 13.8 Å². The van der Waals surface area contributed by atoms with Crippen LogP contribution in [0.15, 0.2) is 24.3 Å². The standard InChI is InChI=1S/C17H21N5/c1-4-15-21-16-10(2)7-11(3)20-17(16)22(15)9-12-5-6-13(18)14(19)8-12/h5-8H,4,9,18-19H2,1-3H3. The largest absolute Gasteiger partial charge is 0.397 e. The van der Waals surface area contributed by atoms with Gasteiger partial charge < -0.3 is 16.0 Å². The third-order valence-corrected chi connectivity index (χ3v) is 3.91. The van der Waals surface area contributed by atoms with E-state index >= 15 is 0 Å². The molecule has 0 aliphatic carbocycles. The predicted octanol–water partition coefficient (Wildman–Crippen LogP) is 2.82. The van der Waals surface area contributed by atoms with Crippen LogP contribution in [0.5, 0.6) is 0 Å². The Bertz CT molecular complexity index is 848. The quantitative estimate of drug-likeness (QED) is 0.728. The molecule has 0 fully saturated rings. The molecule has 0 aliphatic rings. The molecular weight excluding hydrogens is 274 g/mol. The Balaban J connectivity index is 2.14. The molecule has 0 amide bonds. The normalized spacial score (nSPS) is 11.2. The highest BCUT2D eigenvalue weighted by Crippen LogP contribution is 2.22. The van der Waals surface area contributed by atoms with Crippen LogP contribution in [0.3, 0.4) is 0 Å². The second kappa shape index (κ2) is 5.33. The monoisotopic (exact) mass is 295 g/mol. The van der Waals surface area contributed by atoms with E-state index in [9.17, 15) is 0 Å². The van der Waals surface area contributed by atoms with Crippen LogP contribution in [-0.4, -0.2) is 14.5 Å². The maximum Gasteiger partial charge on any atom is 0.160 e. The number of imidazole rings is 1. The molecule has 0 spiro atoms. The summed E-state index contributed by atoms with van der Waals surface area (Å²) in [6, 6.07) is 7.84. The van der Waals surface area contributed by atoms with Gasteiger partial charge in [0, 0.05) is 12.1 Å². The molecule has 2 aromatic heterocycles. The van der Waals surface area contributed by atoms with E-state index in [4.69, 9.17) is 16.5 Å². The lowest BCUT2D eigenvalue weighted by Crippen LogP contribution is -2.06. The number of rotatable bonds is 3. The van der Waals surface area contributed by atoms with Gasteiger partial charge in [-0.1, -0.05) is 13.0 Å². The lowest BCUT2D eigenvalue weighted by Gasteiger charge is -2.10. The summed E-state index contributed by atoms with van der Waals surface area (Å²) in [6.07, 6.45) is 0.860. The van der Waals surface area contributed by atoms with Gasteiger partial charge in [-0.25, -0.2) is 9.97 Å². The van der Waals surface area contributed by atoms with Gasteiger partial charge in [0.15, 0.2) is 5.65 Å². The zero-order valence-corrected chi connectivity index (χ0v) is 13.2. The molecule has 5 nitrogen and oxygen atoms in total. The number of nitrogen functional groups attached to an aromatic ring is 2. The number of hydrogen-bond acceptors (Lipinski definition) is 4. The zero-order chi connectivity index (χ0) is 15.9. The minimum atomic E-state index is 0.611. The van der Waals surface area contributed by atoms with Crippen molar-refractivity contribution >= 4 is 22.5 Å². The molecule has 0 atom stereocenters. The Kier molecular flexibility index (Phi) is 3.48. The van der Waals surface area contributed by atoms with Gasteiger partial charge in [0.05, 0.1) is 17.9 Å². The summed E-state index contributed by atoms with van der Waals surface area (Å²) in [5.41, 5.74) is 18.1. The summed E-state index contributed by atoms with van der Waals surface area (Å²) in [4.78, 5) is 9.44. The van der Waals surface area contributed by atoms with Gasteiger partial charge in [-0.3, -0.25) is 0 Å². The number of anilines is 2. The number of nitrogens with zero attached hydrogens (tertiary/aromatic N) is 3. The number of aromatic nitrogens is 3. The van der Waals surface area contributed by atoms with Crippen LogP contribution < -0.4 is 11.5 Å². The van der Waals surface area contributed by atoms with E-state index in [1.807, 2.05) is 25.1 Å². The van der Waals surface area contributed by atoms with Gasteiger partial charge in [-0.2, -0.15) is 0 Å². The van der Waals surface area contributed by atoms with E-state index in [1.165, 1.54) is 0 Å². The number of aryl methyl sites for hydroxylation is 3. The number of pyridine rings is 1. The summed E-state index contributed by atoms with van der Waals surface area (Å²) in [5, 5.41) is 0. The Morgan fingerprint density at radius 3 is 2.50 bits per heavy atom. The van der Waals surface area contributed by atoms with Crippen molar-refractivity contribution in [2.45, 2.75) is 33.7 Å². The highest BCUT2D eigenvalue weighted by atomic mass is 15.1. The summed E-state index contributed by atoms with van der Waals surface area (Å²) in [7, 11) is 0. The number of nitrogens with two attached hydrogens (primary N) is 2. The Morgan fingerprint density at radius 1 is 1.05 bits per heavy atom. The summed E-state index contributed by atoms with van der Waals surface area (Å²) >= 11 is 0. The fourth-order valence-electron chi connectivity index (χ4n) is 2.79. The maximum atomic E-state index is 5.92. The molecule has 5 heteroatoms. The molecule has 1 aromatic carbocycles. The van der Waals surface area contributed by atoms with Gasteiger partial charge in [-0.15, -0.1) is 0 Å². The number of benzene rings is 1. The fourth-order valence-corrected chi connectivity index (χ4v) is 2.79. The van der Waals surface area contributed by atoms with Crippen molar-refractivity contribution in [2.24, 2.45) is 0 Å². The van der Waals surface area contributed by atoms with Crippen molar-refractivity contribution in [1.82, 2.24) is 14.5 Å². The molecular formula is C17H21N5. The van der Waals surface area contributed by atoms with Crippen molar-refractivity contribution < 1.29 is 0 Å². The van der Waals surface area contributed by atoms with Crippen LogP contribution in [0.4, 0.5) is 11.4 Å². The maximum absolute atomic E-state index is 5.92. The Hall–Kier alpha value is -2.56. The van der Waals surface area contributed by atoms with E-state index in [0.29, 0.717) is 17.9 Å². The van der Waals surface area contributed by atoms with Gasteiger partial charge in [0.25, 0.3) is 0 Å². The SMILES string of the molecule is CCc1nc2c(C)cc(C)nc2n1Cc1ccc(N)c(N)c1. The summed E-state index contributed by atoms with van der Waals surface area (Å²) in [5.74, 6) is 1.03. The predicted molar refractivity (Wildman–Crippen MR) is 90.7 cm³/mol. The minimum Gasteiger partial charge on any atom is -0.397 e. The zero-order valence-electron chi connectivity index (χ0n) is 13.2. The van der Waals surface area contributed by atoms with Gasteiger partial charge in [-0.05, 0) is 43.2 Å². The lowest BCUT2D eigenvalue weighted by atomic mass is 10.1. The van der Waals surface area contributed by atoms with Crippen LogP contribution in [0.1, 0.15) is 29.6 Å². The Labute approximate surface area is 130 Å². The second-order valence-electron chi connectivity index (χ2n) is 5.68. The average molecular weight is 295 g/mol. The van der Waals surface area contributed by atoms with E-state index in [-0.39, 0.29) is 0 Å². The summed E-state index contributed by atoms with van der Waals surface area (Å²) in [6.45, 7) is 6.89. The molecule has 4 N–H and O–H groups in total. The molecule has 2 heterocycles. The first-order valence-electron chi connectivity index (χ1n) is 7.46. The van der Waals surface area contributed by atoms with E-state index in [1.54, 1.807) is 0 Å². The van der Waals surface area contributed by atoms with Crippen molar-refractivity contribution in [3.8, 4) is 0 Å². The summed E-state index contributed by atoms with van der Waals surface area (Å²) < 4.78 is 2.17. The van der Waals surface area contributed by atoms with Gasteiger partial charge in [0.1, 0.15) is 11.3 Å². The minimum absolute atomic E-state index is 0.611. The third kappa shape index (κ3) is 2.39. The van der Waals surface area contributed by atoms with Gasteiger partial charge in [0.2, 0.25) is 0 Å². The first-order chi connectivity index (χ1) is 10.5. The second-order valence-corrected chi connectivity index (χ2v) is 5.68. The third-order valence-electron chi connectivity index (χ3n) is 3.91. The molecule has 3 rings (SSSR count). The molecule has 22 heavy (non-hydrogen) atoms. The molecule has 0 saturated heterocycles. The fraction of sp³-hybridized carbons (Fsp3) is 0.294. The van der Waals surface area contributed by atoms with Crippen molar-refractivity contribution in [3.63, 3.8) is 0 Å².